The Morgan fingerprint density at radius 1 is 1.28 bits per heavy atom. The lowest BCUT2D eigenvalue weighted by Gasteiger charge is -2.28. The first kappa shape index (κ1) is 13.2. The molecule has 0 N–H and O–H groups in total. The molecule has 1 aromatic carbocycles. The predicted octanol–water partition coefficient (Wildman–Crippen LogP) is 2.66. The van der Waals surface area contributed by atoms with Gasteiger partial charge in [0.15, 0.2) is 0 Å². The van der Waals surface area contributed by atoms with Gasteiger partial charge in [-0.3, -0.25) is 4.79 Å². The van der Waals surface area contributed by atoms with Crippen LogP contribution in [0.25, 0.3) is 0 Å². The minimum absolute atomic E-state index is 0.0280. The largest absolute Gasteiger partial charge is 0.446 e. The van der Waals surface area contributed by atoms with Gasteiger partial charge in [-0.15, -0.1) is 0 Å². The Kier molecular flexibility index (Phi) is 3.82. The average Bonchev–Trinajstić information content (AvgIpc) is 2.29. The first-order valence-electron chi connectivity index (χ1n) is 5.20. The van der Waals surface area contributed by atoms with Crippen molar-refractivity contribution in [3.8, 4) is 0 Å². The molecule has 0 unspecified atom stereocenters. The number of amides is 1. The van der Waals surface area contributed by atoms with Crippen LogP contribution < -0.4 is 4.90 Å². The number of rotatable bonds is 2. The maximum Gasteiger partial charge on any atom is 0.446 e. The van der Waals surface area contributed by atoms with Crippen molar-refractivity contribution in [3.05, 3.63) is 24.3 Å². The van der Waals surface area contributed by atoms with Crippen LogP contribution in [0.3, 0.4) is 0 Å². The van der Waals surface area contributed by atoms with E-state index in [9.17, 15) is 18.0 Å². The SMILES string of the molecule is O=C1COCCN1c1ccccc1SC(F)(F)F. The Balaban J connectivity index is 2.29. The number of halogens is 3. The van der Waals surface area contributed by atoms with Crippen LogP contribution in [-0.4, -0.2) is 31.2 Å². The molecular weight excluding hydrogens is 267 g/mol. The van der Waals surface area contributed by atoms with Gasteiger partial charge in [0.2, 0.25) is 0 Å². The Morgan fingerprint density at radius 2 is 2.00 bits per heavy atom. The van der Waals surface area contributed by atoms with Crippen molar-refractivity contribution in [2.75, 3.05) is 24.7 Å². The zero-order valence-corrected chi connectivity index (χ0v) is 10.1. The maximum absolute atomic E-state index is 12.4. The van der Waals surface area contributed by atoms with Gasteiger partial charge in [-0.05, 0) is 23.9 Å². The van der Waals surface area contributed by atoms with Crippen molar-refractivity contribution in [1.29, 1.82) is 0 Å². The van der Waals surface area contributed by atoms with Crippen molar-refractivity contribution in [1.82, 2.24) is 0 Å². The number of ether oxygens (including phenoxy) is 1. The summed E-state index contributed by atoms with van der Waals surface area (Å²) in [5.41, 5.74) is -4.08. The number of nitrogens with zero attached hydrogens (tertiary/aromatic N) is 1. The molecule has 1 heterocycles. The van der Waals surface area contributed by atoms with Gasteiger partial charge in [-0.1, -0.05) is 12.1 Å². The number of carbonyl (C=O) groups is 1. The highest BCUT2D eigenvalue weighted by Gasteiger charge is 2.32. The van der Waals surface area contributed by atoms with Gasteiger partial charge in [0, 0.05) is 11.4 Å². The zero-order valence-electron chi connectivity index (χ0n) is 9.24. The lowest BCUT2D eigenvalue weighted by Crippen LogP contribution is -2.41. The van der Waals surface area contributed by atoms with E-state index in [0.717, 1.165) is 0 Å². The summed E-state index contributed by atoms with van der Waals surface area (Å²) in [6.07, 6.45) is 0. The number of para-hydroxylation sites is 1. The van der Waals surface area contributed by atoms with Crippen molar-refractivity contribution in [2.45, 2.75) is 10.4 Å². The molecule has 0 spiro atoms. The van der Waals surface area contributed by atoms with Gasteiger partial charge in [0.05, 0.1) is 12.3 Å². The van der Waals surface area contributed by atoms with E-state index in [1.165, 1.54) is 23.1 Å². The molecule has 0 radical (unpaired) electrons. The molecule has 0 bridgehead atoms. The summed E-state index contributed by atoms with van der Waals surface area (Å²) in [7, 11) is 0. The highest BCUT2D eigenvalue weighted by molar-refractivity contribution is 8.00. The number of hydrogen-bond donors (Lipinski definition) is 0. The van der Waals surface area contributed by atoms with E-state index in [2.05, 4.69) is 0 Å². The molecular formula is C11H10F3NO2S. The van der Waals surface area contributed by atoms with E-state index in [0.29, 0.717) is 6.61 Å². The fourth-order valence-electron chi connectivity index (χ4n) is 1.66. The van der Waals surface area contributed by atoms with Gasteiger partial charge in [-0.2, -0.15) is 13.2 Å². The minimum Gasteiger partial charge on any atom is -0.370 e. The van der Waals surface area contributed by atoms with E-state index in [1.807, 2.05) is 0 Å². The first-order chi connectivity index (χ1) is 8.47. The number of benzene rings is 1. The normalized spacial score (nSPS) is 17.1. The van der Waals surface area contributed by atoms with Gasteiger partial charge in [0.1, 0.15) is 6.61 Å². The molecule has 0 aliphatic carbocycles. The third-order valence-corrected chi connectivity index (χ3v) is 3.16. The second-order valence-electron chi connectivity index (χ2n) is 3.61. The third-order valence-electron chi connectivity index (χ3n) is 2.37. The standard InChI is InChI=1S/C11H10F3NO2S/c12-11(13,14)18-9-4-2-1-3-8(9)15-5-6-17-7-10(15)16/h1-4H,5-7H2. The van der Waals surface area contributed by atoms with Crippen LogP contribution in [0.15, 0.2) is 29.2 Å². The number of morpholine rings is 1. The third kappa shape index (κ3) is 3.17. The number of anilines is 1. The molecule has 0 atom stereocenters. The number of thioether (sulfide) groups is 1. The van der Waals surface area contributed by atoms with Crippen LogP contribution >= 0.6 is 11.8 Å². The van der Waals surface area contributed by atoms with Gasteiger partial charge >= 0.3 is 5.51 Å². The topological polar surface area (TPSA) is 29.5 Å². The molecule has 1 fully saturated rings. The summed E-state index contributed by atoms with van der Waals surface area (Å²) in [6, 6.07) is 5.99. The quantitative estimate of drug-likeness (QED) is 0.778. The minimum atomic E-state index is -4.37. The Bertz CT molecular complexity index is 450. The van der Waals surface area contributed by atoms with E-state index in [1.54, 1.807) is 6.07 Å². The van der Waals surface area contributed by atoms with Crippen LogP contribution in [0.1, 0.15) is 0 Å². The Morgan fingerprint density at radius 3 is 2.67 bits per heavy atom. The summed E-state index contributed by atoms with van der Waals surface area (Å²) >= 11 is -0.212. The predicted molar refractivity (Wildman–Crippen MR) is 61.5 cm³/mol. The summed E-state index contributed by atoms with van der Waals surface area (Å²) in [4.78, 5) is 13.0. The molecule has 0 saturated carbocycles. The maximum atomic E-state index is 12.4. The number of alkyl halides is 3. The van der Waals surface area contributed by atoms with Gasteiger partial charge in [-0.25, -0.2) is 0 Å². The second-order valence-corrected chi connectivity index (χ2v) is 4.72. The summed E-state index contributed by atoms with van der Waals surface area (Å²) in [6.45, 7) is 0.510. The molecule has 1 aliphatic rings. The number of carbonyl (C=O) groups excluding carboxylic acids is 1. The highest BCUT2D eigenvalue weighted by Crippen LogP contribution is 2.41. The summed E-state index contributed by atoms with van der Waals surface area (Å²) < 4.78 is 42.2. The molecule has 2 rings (SSSR count). The molecule has 98 valence electrons. The van der Waals surface area contributed by atoms with Gasteiger partial charge in [0.25, 0.3) is 5.91 Å². The second kappa shape index (κ2) is 5.19. The molecule has 1 aliphatic heterocycles. The molecule has 18 heavy (non-hydrogen) atoms. The average molecular weight is 277 g/mol. The van der Waals surface area contributed by atoms with E-state index < -0.39 is 5.51 Å². The van der Waals surface area contributed by atoms with Crippen LogP contribution in [0.2, 0.25) is 0 Å². The van der Waals surface area contributed by atoms with Crippen LogP contribution in [0.4, 0.5) is 18.9 Å². The zero-order chi connectivity index (χ0) is 13.2. The lowest BCUT2D eigenvalue weighted by molar-refractivity contribution is -0.125. The Hall–Kier alpha value is -1.21. The van der Waals surface area contributed by atoms with Crippen LogP contribution in [0, 0.1) is 0 Å². The molecule has 7 heteroatoms. The Labute approximate surface area is 106 Å². The molecule has 1 aromatic rings. The van der Waals surface area contributed by atoms with Crippen molar-refractivity contribution >= 4 is 23.4 Å². The molecule has 3 nitrogen and oxygen atoms in total. The van der Waals surface area contributed by atoms with Crippen molar-refractivity contribution < 1.29 is 22.7 Å². The fraction of sp³-hybridized carbons (Fsp3) is 0.364. The van der Waals surface area contributed by atoms with Crippen LogP contribution in [0.5, 0.6) is 0 Å². The van der Waals surface area contributed by atoms with E-state index in [4.69, 9.17) is 4.74 Å². The van der Waals surface area contributed by atoms with Crippen LogP contribution in [-0.2, 0) is 9.53 Å². The first-order valence-corrected chi connectivity index (χ1v) is 6.02. The van der Waals surface area contributed by atoms with E-state index >= 15 is 0 Å². The van der Waals surface area contributed by atoms with Crippen molar-refractivity contribution in [2.24, 2.45) is 0 Å². The molecule has 1 amide bonds. The lowest BCUT2D eigenvalue weighted by atomic mass is 10.2. The summed E-state index contributed by atoms with van der Waals surface area (Å²) in [5.74, 6) is -0.323. The molecule has 1 saturated heterocycles. The van der Waals surface area contributed by atoms with E-state index in [-0.39, 0.29) is 41.4 Å². The fourth-order valence-corrected chi connectivity index (χ4v) is 2.34. The molecule has 0 aromatic heterocycles. The summed E-state index contributed by atoms with van der Waals surface area (Å²) in [5, 5.41) is 0. The number of hydrogen-bond acceptors (Lipinski definition) is 3. The van der Waals surface area contributed by atoms with Crippen molar-refractivity contribution in [3.63, 3.8) is 0 Å². The monoisotopic (exact) mass is 277 g/mol. The smallest absolute Gasteiger partial charge is 0.370 e. The van der Waals surface area contributed by atoms with Gasteiger partial charge < -0.3 is 9.64 Å². The highest BCUT2D eigenvalue weighted by atomic mass is 32.2.